The molecule has 1 aromatic rings. The van der Waals surface area contributed by atoms with Crippen LogP contribution in [0.1, 0.15) is 45.1 Å². The van der Waals surface area contributed by atoms with E-state index in [9.17, 15) is 9.59 Å². The number of amides is 2. The first-order valence-electron chi connectivity index (χ1n) is 10.2. The second-order valence-electron chi connectivity index (χ2n) is 7.95. The largest absolute Gasteiger partial charge is 0.342 e. The number of likely N-dealkylation sites (N-methyl/N-ethyl adjacent to an activating group) is 1. The summed E-state index contributed by atoms with van der Waals surface area (Å²) >= 11 is 0. The molecule has 1 aromatic heterocycles. The van der Waals surface area contributed by atoms with Gasteiger partial charge in [-0.25, -0.2) is 0 Å². The standard InChI is InChI=1S/C21H32N4O2/c1-3-23(4-2)16-20(27)24-13-9-21(10-14-24)8-5-19(26)25(17-21)15-18-6-11-22-12-7-18/h6-7,11-12H,3-5,8-10,13-17H2,1-2H3. The van der Waals surface area contributed by atoms with Crippen LogP contribution in [0.5, 0.6) is 0 Å². The summed E-state index contributed by atoms with van der Waals surface area (Å²) in [6.07, 6.45) is 7.13. The van der Waals surface area contributed by atoms with Crippen LogP contribution in [0.4, 0.5) is 0 Å². The summed E-state index contributed by atoms with van der Waals surface area (Å²) in [6.45, 7) is 9.64. The fourth-order valence-corrected chi connectivity index (χ4v) is 4.33. The number of carbonyl (C=O) groups is 2. The van der Waals surface area contributed by atoms with Gasteiger partial charge in [0.15, 0.2) is 0 Å². The number of carbonyl (C=O) groups excluding carboxylic acids is 2. The number of likely N-dealkylation sites (tertiary alicyclic amines) is 2. The summed E-state index contributed by atoms with van der Waals surface area (Å²) in [5, 5.41) is 0. The number of piperidine rings is 2. The van der Waals surface area contributed by atoms with Crippen LogP contribution < -0.4 is 0 Å². The van der Waals surface area contributed by atoms with E-state index in [0.29, 0.717) is 19.5 Å². The first-order valence-corrected chi connectivity index (χ1v) is 10.2. The predicted octanol–water partition coefficient (Wildman–Crippen LogP) is 2.15. The predicted molar refractivity (Wildman–Crippen MR) is 105 cm³/mol. The highest BCUT2D eigenvalue weighted by molar-refractivity contribution is 5.79. The zero-order valence-electron chi connectivity index (χ0n) is 16.7. The van der Waals surface area contributed by atoms with Crippen LogP contribution in [0, 0.1) is 5.41 Å². The van der Waals surface area contributed by atoms with E-state index in [-0.39, 0.29) is 17.2 Å². The van der Waals surface area contributed by atoms with Gasteiger partial charge in [0, 0.05) is 45.0 Å². The van der Waals surface area contributed by atoms with Crippen molar-refractivity contribution in [3.8, 4) is 0 Å². The normalized spacial score (nSPS) is 19.7. The number of hydrogen-bond acceptors (Lipinski definition) is 4. The van der Waals surface area contributed by atoms with Crippen LogP contribution in [-0.2, 0) is 16.1 Å². The Hall–Kier alpha value is -1.95. The Morgan fingerprint density at radius 3 is 2.44 bits per heavy atom. The molecule has 0 bridgehead atoms. The molecule has 2 aliphatic heterocycles. The quantitative estimate of drug-likeness (QED) is 0.768. The van der Waals surface area contributed by atoms with Gasteiger partial charge >= 0.3 is 0 Å². The smallest absolute Gasteiger partial charge is 0.236 e. The van der Waals surface area contributed by atoms with Crippen LogP contribution in [-0.4, -0.2) is 70.8 Å². The molecule has 27 heavy (non-hydrogen) atoms. The van der Waals surface area contributed by atoms with E-state index in [1.807, 2.05) is 21.9 Å². The summed E-state index contributed by atoms with van der Waals surface area (Å²) in [5.41, 5.74) is 1.30. The average molecular weight is 373 g/mol. The Morgan fingerprint density at radius 1 is 1.15 bits per heavy atom. The van der Waals surface area contributed by atoms with Crippen molar-refractivity contribution in [2.45, 2.75) is 46.1 Å². The van der Waals surface area contributed by atoms with Crippen molar-refractivity contribution in [1.29, 1.82) is 0 Å². The van der Waals surface area contributed by atoms with Crippen LogP contribution >= 0.6 is 0 Å². The molecule has 2 amide bonds. The fourth-order valence-electron chi connectivity index (χ4n) is 4.33. The second kappa shape index (κ2) is 8.83. The maximum atomic E-state index is 12.6. The minimum absolute atomic E-state index is 0.174. The topological polar surface area (TPSA) is 56.8 Å². The molecule has 1 spiro atoms. The zero-order valence-corrected chi connectivity index (χ0v) is 16.7. The molecule has 6 heteroatoms. The van der Waals surface area contributed by atoms with Gasteiger partial charge < -0.3 is 9.80 Å². The fraction of sp³-hybridized carbons (Fsp3) is 0.667. The Kier molecular flexibility index (Phi) is 6.47. The minimum Gasteiger partial charge on any atom is -0.342 e. The van der Waals surface area contributed by atoms with Gasteiger partial charge in [0.1, 0.15) is 0 Å². The molecule has 0 saturated carbocycles. The Morgan fingerprint density at radius 2 is 1.81 bits per heavy atom. The third kappa shape index (κ3) is 4.86. The highest BCUT2D eigenvalue weighted by atomic mass is 16.2. The van der Waals surface area contributed by atoms with E-state index >= 15 is 0 Å². The Labute approximate surface area is 162 Å². The molecule has 6 nitrogen and oxygen atoms in total. The van der Waals surface area contributed by atoms with Crippen molar-refractivity contribution < 1.29 is 9.59 Å². The molecular weight excluding hydrogens is 340 g/mol. The maximum absolute atomic E-state index is 12.6. The Balaban J connectivity index is 1.56. The van der Waals surface area contributed by atoms with E-state index in [4.69, 9.17) is 0 Å². The SMILES string of the molecule is CCN(CC)CC(=O)N1CCC2(CCC(=O)N(Cc3ccncc3)C2)CC1. The summed E-state index contributed by atoms with van der Waals surface area (Å²) in [6, 6.07) is 3.95. The molecule has 2 saturated heterocycles. The van der Waals surface area contributed by atoms with E-state index in [1.165, 1.54) is 0 Å². The molecule has 2 aliphatic rings. The summed E-state index contributed by atoms with van der Waals surface area (Å²) in [4.78, 5) is 35.2. The van der Waals surface area contributed by atoms with E-state index in [1.54, 1.807) is 12.4 Å². The third-order valence-electron chi connectivity index (χ3n) is 6.30. The summed E-state index contributed by atoms with van der Waals surface area (Å²) in [5.74, 6) is 0.492. The van der Waals surface area contributed by atoms with Crippen LogP contribution in [0.15, 0.2) is 24.5 Å². The van der Waals surface area contributed by atoms with Gasteiger partial charge in [0.2, 0.25) is 11.8 Å². The first-order chi connectivity index (χ1) is 13.0. The molecule has 0 N–H and O–H groups in total. The molecule has 2 fully saturated rings. The average Bonchev–Trinajstić information content (AvgIpc) is 2.70. The monoisotopic (exact) mass is 372 g/mol. The second-order valence-corrected chi connectivity index (χ2v) is 7.95. The highest BCUT2D eigenvalue weighted by Crippen LogP contribution is 2.40. The summed E-state index contributed by atoms with van der Waals surface area (Å²) in [7, 11) is 0. The van der Waals surface area contributed by atoms with E-state index in [0.717, 1.165) is 57.5 Å². The molecular formula is C21H32N4O2. The van der Waals surface area contributed by atoms with Crippen LogP contribution in [0.25, 0.3) is 0 Å². The minimum atomic E-state index is 0.174. The lowest BCUT2D eigenvalue weighted by atomic mass is 9.72. The lowest BCUT2D eigenvalue weighted by Gasteiger charge is -2.47. The molecule has 0 radical (unpaired) electrons. The van der Waals surface area contributed by atoms with E-state index in [2.05, 4.69) is 23.7 Å². The molecule has 0 aliphatic carbocycles. The molecule has 0 aromatic carbocycles. The van der Waals surface area contributed by atoms with Crippen molar-refractivity contribution in [1.82, 2.24) is 19.7 Å². The van der Waals surface area contributed by atoms with Gasteiger partial charge in [-0.3, -0.25) is 19.5 Å². The van der Waals surface area contributed by atoms with Gasteiger partial charge in [-0.1, -0.05) is 13.8 Å². The Bertz CT molecular complexity index is 637. The lowest BCUT2D eigenvalue weighted by Crippen LogP contribution is -2.53. The third-order valence-corrected chi connectivity index (χ3v) is 6.30. The van der Waals surface area contributed by atoms with Crippen molar-refractivity contribution in [2.75, 3.05) is 39.3 Å². The zero-order chi connectivity index (χ0) is 19.3. The van der Waals surface area contributed by atoms with Crippen molar-refractivity contribution in [2.24, 2.45) is 5.41 Å². The van der Waals surface area contributed by atoms with E-state index < -0.39 is 0 Å². The summed E-state index contributed by atoms with van der Waals surface area (Å²) < 4.78 is 0. The van der Waals surface area contributed by atoms with Gasteiger partial charge in [0.25, 0.3) is 0 Å². The molecule has 3 rings (SSSR count). The van der Waals surface area contributed by atoms with Gasteiger partial charge in [0.05, 0.1) is 6.54 Å². The number of hydrogen-bond donors (Lipinski definition) is 0. The van der Waals surface area contributed by atoms with Crippen molar-refractivity contribution in [3.63, 3.8) is 0 Å². The molecule has 0 atom stereocenters. The number of pyridine rings is 1. The molecule has 3 heterocycles. The number of rotatable bonds is 6. The van der Waals surface area contributed by atoms with Crippen molar-refractivity contribution >= 4 is 11.8 Å². The number of aromatic nitrogens is 1. The van der Waals surface area contributed by atoms with Crippen LogP contribution in [0.3, 0.4) is 0 Å². The highest BCUT2D eigenvalue weighted by Gasteiger charge is 2.41. The van der Waals surface area contributed by atoms with Crippen molar-refractivity contribution in [3.05, 3.63) is 30.1 Å². The van der Waals surface area contributed by atoms with Gasteiger partial charge in [-0.2, -0.15) is 0 Å². The maximum Gasteiger partial charge on any atom is 0.236 e. The lowest BCUT2D eigenvalue weighted by molar-refractivity contribution is -0.143. The molecule has 148 valence electrons. The van der Waals surface area contributed by atoms with Gasteiger partial charge in [-0.05, 0) is 55.5 Å². The first kappa shape index (κ1) is 19.8. The molecule has 0 unspecified atom stereocenters. The number of nitrogens with zero attached hydrogens (tertiary/aromatic N) is 4. The van der Waals surface area contributed by atoms with Crippen LogP contribution in [0.2, 0.25) is 0 Å². The van der Waals surface area contributed by atoms with Gasteiger partial charge in [-0.15, -0.1) is 0 Å².